The fourth-order valence-corrected chi connectivity index (χ4v) is 2.93. The Bertz CT molecular complexity index is 348. The second kappa shape index (κ2) is 4.15. The Kier molecular flexibility index (Phi) is 2.65. The lowest BCUT2D eigenvalue weighted by Gasteiger charge is -2.16. The summed E-state index contributed by atoms with van der Waals surface area (Å²) >= 11 is 0. The van der Waals surface area contributed by atoms with E-state index in [4.69, 9.17) is 0 Å². The number of rotatable bonds is 2. The topological polar surface area (TPSA) is 28.2 Å². The molecular formula is C13H19N3. The van der Waals surface area contributed by atoms with Gasteiger partial charge in [-0.1, -0.05) is 6.07 Å². The molecule has 0 aromatic carbocycles. The number of aryl methyl sites for hydroxylation is 1. The number of fused-ring (bicyclic) bond motifs is 1. The van der Waals surface area contributed by atoms with Crippen molar-refractivity contribution >= 4 is 0 Å². The van der Waals surface area contributed by atoms with Gasteiger partial charge in [0.15, 0.2) is 0 Å². The summed E-state index contributed by atoms with van der Waals surface area (Å²) in [6.45, 7) is 8.05. The zero-order chi connectivity index (χ0) is 11.0. The average Bonchev–Trinajstić information content (AvgIpc) is 2.81. The van der Waals surface area contributed by atoms with Gasteiger partial charge in [-0.15, -0.1) is 0 Å². The van der Waals surface area contributed by atoms with Crippen molar-refractivity contribution in [1.82, 2.24) is 15.2 Å². The third-order valence-corrected chi connectivity index (χ3v) is 3.84. The molecule has 2 aliphatic heterocycles. The SMILES string of the molecule is Cc1ccc(CN2CC3CNCC3C2)cn1. The van der Waals surface area contributed by atoms with Crippen LogP contribution in [0, 0.1) is 18.8 Å². The van der Waals surface area contributed by atoms with Crippen LogP contribution in [-0.4, -0.2) is 36.1 Å². The molecule has 2 aliphatic rings. The van der Waals surface area contributed by atoms with Crippen LogP contribution in [0.4, 0.5) is 0 Å². The van der Waals surface area contributed by atoms with E-state index < -0.39 is 0 Å². The third kappa shape index (κ3) is 1.97. The Morgan fingerprint density at radius 3 is 2.69 bits per heavy atom. The molecule has 2 fully saturated rings. The van der Waals surface area contributed by atoms with E-state index in [0.29, 0.717) is 0 Å². The van der Waals surface area contributed by atoms with Crippen LogP contribution >= 0.6 is 0 Å². The molecule has 2 atom stereocenters. The van der Waals surface area contributed by atoms with Gasteiger partial charge in [-0.05, 0) is 43.5 Å². The van der Waals surface area contributed by atoms with E-state index in [1.807, 2.05) is 13.1 Å². The first-order valence-electron chi connectivity index (χ1n) is 6.16. The number of nitrogens with one attached hydrogen (secondary N) is 1. The van der Waals surface area contributed by atoms with Crippen LogP contribution in [0.2, 0.25) is 0 Å². The average molecular weight is 217 g/mol. The minimum atomic E-state index is 0.887. The Balaban J connectivity index is 1.62. The summed E-state index contributed by atoms with van der Waals surface area (Å²) in [5, 5.41) is 3.48. The van der Waals surface area contributed by atoms with Gasteiger partial charge in [0.05, 0.1) is 0 Å². The first-order valence-corrected chi connectivity index (χ1v) is 6.16. The number of hydrogen-bond acceptors (Lipinski definition) is 3. The van der Waals surface area contributed by atoms with E-state index in [1.54, 1.807) is 0 Å². The van der Waals surface area contributed by atoms with Gasteiger partial charge >= 0.3 is 0 Å². The van der Waals surface area contributed by atoms with Gasteiger partial charge < -0.3 is 5.32 Å². The molecule has 0 saturated carbocycles. The molecule has 3 nitrogen and oxygen atoms in total. The fourth-order valence-electron chi connectivity index (χ4n) is 2.93. The van der Waals surface area contributed by atoms with Crippen LogP contribution in [0.5, 0.6) is 0 Å². The molecule has 86 valence electrons. The molecule has 3 heteroatoms. The van der Waals surface area contributed by atoms with Crippen molar-refractivity contribution in [2.45, 2.75) is 13.5 Å². The summed E-state index contributed by atoms with van der Waals surface area (Å²) in [5.41, 5.74) is 2.45. The van der Waals surface area contributed by atoms with Crippen LogP contribution in [0.15, 0.2) is 18.3 Å². The van der Waals surface area contributed by atoms with Crippen molar-refractivity contribution < 1.29 is 0 Å². The maximum atomic E-state index is 4.35. The normalized spacial score (nSPS) is 29.6. The number of likely N-dealkylation sites (tertiary alicyclic amines) is 1. The summed E-state index contributed by atoms with van der Waals surface area (Å²) in [5.74, 6) is 1.77. The van der Waals surface area contributed by atoms with Crippen molar-refractivity contribution in [2.75, 3.05) is 26.2 Å². The van der Waals surface area contributed by atoms with Crippen LogP contribution < -0.4 is 5.32 Å². The van der Waals surface area contributed by atoms with E-state index >= 15 is 0 Å². The van der Waals surface area contributed by atoms with Gasteiger partial charge in [0.2, 0.25) is 0 Å². The molecule has 0 aliphatic carbocycles. The van der Waals surface area contributed by atoms with Crippen molar-refractivity contribution in [1.29, 1.82) is 0 Å². The van der Waals surface area contributed by atoms with Gasteiger partial charge in [0.1, 0.15) is 0 Å². The molecule has 1 aromatic rings. The van der Waals surface area contributed by atoms with Crippen LogP contribution in [0.3, 0.4) is 0 Å². The maximum absolute atomic E-state index is 4.35. The number of hydrogen-bond donors (Lipinski definition) is 1. The first-order chi connectivity index (χ1) is 7.81. The van der Waals surface area contributed by atoms with Crippen LogP contribution in [0.25, 0.3) is 0 Å². The summed E-state index contributed by atoms with van der Waals surface area (Å²) in [4.78, 5) is 6.93. The van der Waals surface area contributed by atoms with Crippen LogP contribution in [0.1, 0.15) is 11.3 Å². The van der Waals surface area contributed by atoms with Gasteiger partial charge in [-0.2, -0.15) is 0 Å². The molecule has 3 rings (SSSR count). The van der Waals surface area contributed by atoms with E-state index in [-0.39, 0.29) is 0 Å². The van der Waals surface area contributed by atoms with Gasteiger partial charge in [-0.3, -0.25) is 9.88 Å². The molecule has 1 aromatic heterocycles. The summed E-state index contributed by atoms with van der Waals surface area (Å²) < 4.78 is 0. The first kappa shape index (κ1) is 10.2. The lowest BCUT2D eigenvalue weighted by Crippen LogP contribution is -2.25. The highest BCUT2D eigenvalue weighted by molar-refractivity contribution is 5.13. The predicted molar refractivity (Wildman–Crippen MR) is 64.1 cm³/mol. The predicted octanol–water partition coefficient (Wildman–Crippen LogP) is 1.04. The lowest BCUT2D eigenvalue weighted by atomic mass is 10.0. The highest BCUT2D eigenvalue weighted by atomic mass is 15.2. The number of pyridine rings is 1. The Morgan fingerprint density at radius 1 is 1.31 bits per heavy atom. The third-order valence-electron chi connectivity index (χ3n) is 3.84. The fraction of sp³-hybridized carbons (Fsp3) is 0.615. The second-order valence-electron chi connectivity index (χ2n) is 5.18. The largest absolute Gasteiger partial charge is 0.316 e. The molecule has 3 heterocycles. The van der Waals surface area contributed by atoms with Crippen molar-refractivity contribution in [3.8, 4) is 0 Å². The summed E-state index contributed by atoms with van der Waals surface area (Å²) in [6, 6.07) is 4.31. The molecule has 0 radical (unpaired) electrons. The van der Waals surface area contributed by atoms with E-state index in [2.05, 4.69) is 27.3 Å². The standard InChI is InChI=1S/C13H19N3/c1-10-2-3-11(4-15-10)7-16-8-12-5-14-6-13(12)9-16/h2-4,12-14H,5-9H2,1H3. The zero-order valence-corrected chi connectivity index (χ0v) is 9.82. The molecule has 2 saturated heterocycles. The van der Waals surface area contributed by atoms with E-state index in [1.165, 1.54) is 31.7 Å². The summed E-state index contributed by atoms with van der Waals surface area (Å²) in [6.07, 6.45) is 2.02. The number of aromatic nitrogens is 1. The van der Waals surface area contributed by atoms with Gasteiger partial charge in [0, 0.05) is 31.5 Å². The Hall–Kier alpha value is -0.930. The molecule has 0 amide bonds. The lowest BCUT2D eigenvalue weighted by molar-refractivity contribution is 0.305. The smallest absolute Gasteiger partial charge is 0.0372 e. The second-order valence-corrected chi connectivity index (χ2v) is 5.18. The van der Waals surface area contributed by atoms with E-state index in [9.17, 15) is 0 Å². The summed E-state index contributed by atoms with van der Waals surface area (Å²) in [7, 11) is 0. The molecule has 0 bridgehead atoms. The Labute approximate surface area is 96.9 Å². The van der Waals surface area contributed by atoms with Crippen molar-refractivity contribution in [3.05, 3.63) is 29.6 Å². The zero-order valence-electron chi connectivity index (χ0n) is 9.82. The monoisotopic (exact) mass is 217 g/mol. The quantitative estimate of drug-likeness (QED) is 0.802. The van der Waals surface area contributed by atoms with Crippen molar-refractivity contribution in [2.24, 2.45) is 11.8 Å². The highest BCUT2D eigenvalue weighted by Crippen LogP contribution is 2.27. The molecule has 2 unspecified atom stereocenters. The molecule has 0 spiro atoms. The molecule has 16 heavy (non-hydrogen) atoms. The number of nitrogens with zero attached hydrogens (tertiary/aromatic N) is 2. The molecular weight excluding hydrogens is 198 g/mol. The Morgan fingerprint density at radius 2 is 2.06 bits per heavy atom. The minimum absolute atomic E-state index is 0.887. The van der Waals surface area contributed by atoms with Crippen LogP contribution in [-0.2, 0) is 6.54 Å². The van der Waals surface area contributed by atoms with Gasteiger partial charge in [0.25, 0.3) is 0 Å². The maximum Gasteiger partial charge on any atom is 0.0372 e. The van der Waals surface area contributed by atoms with Gasteiger partial charge in [-0.25, -0.2) is 0 Å². The van der Waals surface area contributed by atoms with Crippen molar-refractivity contribution in [3.63, 3.8) is 0 Å². The minimum Gasteiger partial charge on any atom is -0.316 e. The van der Waals surface area contributed by atoms with E-state index in [0.717, 1.165) is 24.1 Å². The highest BCUT2D eigenvalue weighted by Gasteiger charge is 2.35. The molecule has 1 N–H and O–H groups in total.